The Morgan fingerprint density at radius 2 is 2.00 bits per heavy atom. The molecule has 0 aromatic carbocycles. The SMILES string of the molecule is CCN(CC)CCNC(=O)NC(C)(CO)C1CC1. The molecule has 5 nitrogen and oxygen atoms in total. The standard InChI is InChI=1S/C13H27N3O2/c1-4-16(5-2)9-8-14-12(18)15-13(3,10-17)11-6-7-11/h11,17H,4-10H2,1-3H3,(H2,14,15,18). The highest BCUT2D eigenvalue weighted by Crippen LogP contribution is 2.39. The summed E-state index contributed by atoms with van der Waals surface area (Å²) < 4.78 is 0. The lowest BCUT2D eigenvalue weighted by Gasteiger charge is -2.29. The zero-order chi connectivity index (χ0) is 13.6. The van der Waals surface area contributed by atoms with Crippen LogP contribution in [0.3, 0.4) is 0 Å². The van der Waals surface area contributed by atoms with E-state index in [1.807, 2.05) is 6.92 Å². The average molecular weight is 257 g/mol. The fourth-order valence-corrected chi connectivity index (χ4v) is 2.16. The predicted octanol–water partition coefficient (Wildman–Crippen LogP) is 0.788. The van der Waals surface area contributed by atoms with Crippen LogP contribution in [0.5, 0.6) is 0 Å². The van der Waals surface area contributed by atoms with Crippen LogP contribution in [0.1, 0.15) is 33.6 Å². The lowest BCUT2D eigenvalue weighted by atomic mass is 9.97. The lowest BCUT2D eigenvalue weighted by Crippen LogP contribution is -2.54. The highest BCUT2D eigenvalue weighted by Gasteiger charge is 2.42. The fraction of sp³-hybridized carbons (Fsp3) is 0.923. The number of carbonyl (C=O) groups excluding carboxylic acids is 1. The molecule has 1 atom stereocenters. The summed E-state index contributed by atoms with van der Waals surface area (Å²) in [6.45, 7) is 9.63. The first kappa shape index (κ1) is 15.2. The van der Waals surface area contributed by atoms with Gasteiger partial charge >= 0.3 is 6.03 Å². The highest BCUT2D eigenvalue weighted by atomic mass is 16.3. The van der Waals surface area contributed by atoms with Crippen LogP contribution in [-0.2, 0) is 0 Å². The number of hydrogen-bond donors (Lipinski definition) is 3. The zero-order valence-electron chi connectivity index (χ0n) is 11.8. The topological polar surface area (TPSA) is 64.6 Å². The quantitative estimate of drug-likeness (QED) is 0.602. The number of carbonyl (C=O) groups is 1. The van der Waals surface area contributed by atoms with Gasteiger partial charge in [-0.3, -0.25) is 0 Å². The Labute approximate surface area is 110 Å². The van der Waals surface area contributed by atoms with Gasteiger partial charge in [0.15, 0.2) is 0 Å². The molecule has 18 heavy (non-hydrogen) atoms. The first-order valence-electron chi connectivity index (χ1n) is 6.95. The van der Waals surface area contributed by atoms with Gasteiger partial charge in [-0.25, -0.2) is 4.79 Å². The number of rotatable bonds is 8. The summed E-state index contributed by atoms with van der Waals surface area (Å²) in [5.74, 6) is 0.427. The van der Waals surface area contributed by atoms with E-state index in [-0.39, 0.29) is 12.6 Å². The number of aliphatic hydroxyl groups is 1. The summed E-state index contributed by atoms with van der Waals surface area (Å²) >= 11 is 0. The summed E-state index contributed by atoms with van der Waals surface area (Å²) in [7, 11) is 0. The molecule has 1 rings (SSSR count). The second-order valence-corrected chi connectivity index (χ2v) is 5.26. The number of hydrogen-bond acceptors (Lipinski definition) is 3. The molecule has 2 amide bonds. The molecule has 0 saturated heterocycles. The zero-order valence-corrected chi connectivity index (χ0v) is 11.8. The number of aliphatic hydroxyl groups excluding tert-OH is 1. The molecular weight excluding hydrogens is 230 g/mol. The van der Waals surface area contributed by atoms with Crippen molar-refractivity contribution in [2.45, 2.75) is 39.2 Å². The summed E-state index contributed by atoms with van der Waals surface area (Å²) in [4.78, 5) is 14.0. The van der Waals surface area contributed by atoms with Crippen LogP contribution in [0.15, 0.2) is 0 Å². The molecule has 5 heteroatoms. The first-order chi connectivity index (χ1) is 8.55. The van der Waals surface area contributed by atoms with Gasteiger partial charge in [-0.2, -0.15) is 0 Å². The monoisotopic (exact) mass is 257 g/mol. The van der Waals surface area contributed by atoms with E-state index >= 15 is 0 Å². The fourth-order valence-electron chi connectivity index (χ4n) is 2.16. The summed E-state index contributed by atoms with van der Waals surface area (Å²) in [5, 5.41) is 15.1. The number of nitrogens with zero attached hydrogens (tertiary/aromatic N) is 1. The van der Waals surface area contributed by atoms with Crippen LogP contribution >= 0.6 is 0 Å². The minimum absolute atomic E-state index is 0.00112. The van der Waals surface area contributed by atoms with Gasteiger partial charge < -0.3 is 20.6 Å². The second kappa shape index (κ2) is 6.95. The number of urea groups is 1. The predicted molar refractivity (Wildman–Crippen MR) is 72.5 cm³/mol. The minimum Gasteiger partial charge on any atom is -0.394 e. The van der Waals surface area contributed by atoms with E-state index in [4.69, 9.17) is 0 Å². The molecule has 1 saturated carbocycles. The molecule has 1 aliphatic carbocycles. The van der Waals surface area contributed by atoms with Gasteiger partial charge in [0, 0.05) is 13.1 Å². The Balaban J connectivity index is 2.24. The van der Waals surface area contributed by atoms with Crippen molar-refractivity contribution >= 4 is 6.03 Å². The normalized spacial score (nSPS) is 18.5. The van der Waals surface area contributed by atoms with E-state index in [1.54, 1.807) is 0 Å². The molecule has 0 spiro atoms. The van der Waals surface area contributed by atoms with Crippen molar-refractivity contribution in [1.29, 1.82) is 0 Å². The first-order valence-corrected chi connectivity index (χ1v) is 6.95. The largest absolute Gasteiger partial charge is 0.394 e. The van der Waals surface area contributed by atoms with E-state index < -0.39 is 5.54 Å². The minimum atomic E-state index is -0.459. The maximum Gasteiger partial charge on any atom is 0.315 e. The molecule has 0 heterocycles. The van der Waals surface area contributed by atoms with Crippen molar-refractivity contribution in [2.75, 3.05) is 32.8 Å². The van der Waals surface area contributed by atoms with Crippen LogP contribution < -0.4 is 10.6 Å². The van der Waals surface area contributed by atoms with Crippen molar-refractivity contribution in [3.63, 3.8) is 0 Å². The van der Waals surface area contributed by atoms with Crippen molar-refractivity contribution < 1.29 is 9.90 Å². The Bertz CT molecular complexity index is 265. The summed E-state index contributed by atoms with van der Waals surface area (Å²) in [5.41, 5.74) is -0.459. The van der Waals surface area contributed by atoms with Crippen molar-refractivity contribution in [2.24, 2.45) is 5.92 Å². The molecule has 1 aliphatic rings. The molecule has 1 unspecified atom stereocenters. The third-order valence-corrected chi connectivity index (χ3v) is 3.81. The van der Waals surface area contributed by atoms with Crippen molar-refractivity contribution in [1.82, 2.24) is 15.5 Å². The van der Waals surface area contributed by atoms with Crippen molar-refractivity contribution in [3.05, 3.63) is 0 Å². The third-order valence-electron chi connectivity index (χ3n) is 3.81. The number of amides is 2. The van der Waals surface area contributed by atoms with Gasteiger partial charge in [-0.05, 0) is 38.8 Å². The molecule has 0 aromatic heterocycles. The molecule has 0 aliphatic heterocycles. The second-order valence-electron chi connectivity index (χ2n) is 5.26. The van der Waals surface area contributed by atoms with E-state index in [0.29, 0.717) is 12.5 Å². The van der Waals surface area contributed by atoms with Gasteiger partial charge in [-0.15, -0.1) is 0 Å². The molecule has 0 bridgehead atoms. The van der Waals surface area contributed by atoms with Crippen LogP contribution in [0.25, 0.3) is 0 Å². The van der Waals surface area contributed by atoms with Gasteiger partial charge in [0.2, 0.25) is 0 Å². The number of nitrogens with one attached hydrogen (secondary N) is 2. The third kappa shape index (κ3) is 4.46. The Morgan fingerprint density at radius 1 is 1.39 bits per heavy atom. The van der Waals surface area contributed by atoms with E-state index in [1.165, 1.54) is 0 Å². The maximum atomic E-state index is 11.8. The van der Waals surface area contributed by atoms with Crippen LogP contribution in [0, 0.1) is 5.92 Å². The van der Waals surface area contributed by atoms with Gasteiger partial charge in [0.1, 0.15) is 0 Å². The van der Waals surface area contributed by atoms with E-state index in [0.717, 1.165) is 32.5 Å². The van der Waals surface area contributed by atoms with Crippen molar-refractivity contribution in [3.8, 4) is 0 Å². The van der Waals surface area contributed by atoms with Crippen LogP contribution in [0.4, 0.5) is 4.79 Å². The number of likely N-dealkylation sites (N-methyl/N-ethyl adjacent to an activating group) is 1. The summed E-state index contributed by atoms with van der Waals surface area (Å²) in [6, 6.07) is -0.175. The maximum absolute atomic E-state index is 11.8. The van der Waals surface area contributed by atoms with Gasteiger partial charge in [0.05, 0.1) is 12.1 Å². The molecular formula is C13H27N3O2. The Hall–Kier alpha value is -0.810. The smallest absolute Gasteiger partial charge is 0.315 e. The molecule has 106 valence electrons. The van der Waals surface area contributed by atoms with Gasteiger partial charge in [0.25, 0.3) is 0 Å². The lowest BCUT2D eigenvalue weighted by molar-refractivity contribution is 0.154. The molecule has 0 radical (unpaired) electrons. The average Bonchev–Trinajstić information content (AvgIpc) is 3.19. The highest BCUT2D eigenvalue weighted by molar-refractivity contribution is 5.74. The molecule has 1 fully saturated rings. The van der Waals surface area contributed by atoms with E-state index in [9.17, 15) is 9.90 Å². The van der Waals surface area contributed by atoms with Crippen LogP contribution in [0.2, 0.25) is 0 Å². The Kier molecular flexibility index (Phi) is 5.88. The Morgan fingerprint density at radius 3 is 2.44 bits per heavy atom. The van der Waals surface area contributed by atoms with Gasteiger partial charge in [-0.1, -0.05) is 13.8 Å². The molecule has 3 N–H and O–H groups in total. The van der Waals surface area contributed by atoms with E-state index in [2.05, 4.69) is 29.4 Å². The van der Waals surface area contributed by atoms with Crippen LogP contribution in [-0.4, -0.2) is 54.4 Å². The summed E-state index contributed by atoms with van der Waals surface area (Å²) in [6.07, 6.45) is 2.19. The molecule has 0 aromatic rings.